The highest BCUT2D eigenvalue weighted by Gasteiger charge is 2.16. The minimum absolute atomic E-state index is 0.0637. The van der Waals surface area contributed by atoms with Crippen LogP contribution < -0.4 is 10.3 Å². The molecule has 16 heavy (non-hydrogen) atoms. The number of aromatic nitrogens is 4. The van der Waals surface area contributed by atoms with Crippen LogP contribution in [0.4, 0.5) is 0 Å². The van der Waals surface area contributed by atoms with Gasteiger partial charge in [-0.1, -0.05) is 6.92 Å². The SMILES string of the molecule is CCc1nnc(-c2nc[nH]c(=O)c2OC)o1. The summed E-state index contributed by atoms with van der Waals surface area (Å²) in [4.78, 5) is 17.8. The van der Waals surface area contributed by atoms with Crippen LogP contribution in [0.2, 0.25) is 0 Å². The van der Waals surface area contributed by atoms with Crippen LogP contribution in [0.5, 0.6) is 5.75 Å². The first-order valence-electron chi connectivity index (χ1n) is 4.70. The first-order chi connectivity index (χ1) is 7.76. The molecule has 84 valence electrons. The van der Waals surface area contributed by atoms with Crippen LogP contribution >= 0.6 is 0 Å². The van der Waals surface area contributed by atoms with Gasteiger partial charge in [-0.05, 0) is 0 Å². The summed E-state index contributed by atoms with van der Waals surface area (Å²) in [6.45, 7) is 1.89. The summed E-state index contributed by atoms with van der Waals surface area (Å²) in [6, 6.07) is 0. The maximum absolute atomic E-state index is 11.4. The molecule has 0 amide bonds. The van der Waals surface area contributed by atoms with Gasteiger partial charge in [0.25, 0.3) is 11.4 Å². The molecule has 7 heteroatoms. The lowest BCUT2D eigenvalue weighted by Crippen LogP contribution is -2.11. The Balaban J connectivity index is 2.55. The van der Waals surface area contributed by atoms with Crippen LogP contribution in [-0.4, -0.2) is 27.3 Å². The zero-order valence-electron chi connectivity index (χ0n) is 8.85. The van der Waals surface area contributed by atoms with Crippen LogP contribution in [0, 0.1) is 0 Å². The van der Waals surface area contributed by atoms with E-state index in [2.05, 4.69) is 20.2 Å². The molecule has 2 heterocycles. The Bertz CT molecular complexity index is 546. The number of nitrogens with zero attached hydrogens (tertiary/aromatic N) is 3. The first kappa shape index (κ1) is 10.3. The molecule has 2 rings (SSSR count). The number of hydrogen-bond donors (Lipinski definition) is 1. The van der Waals surface area contributed by atoms with Crippen LogP contribution in [-0.2, 0) is 6.42 Å². The third-order valence-electron chi connectivity index (χ3n) is 1.99. The molecule has 0 bridgehead atoms. The monoisotopic (exact) mass is 222 g/mol. The summed E-state index contributed by atoms with van der Waals surface area (Å²) in [6.07, 6.45) is 1.88. The Labute approximate surface area is 90.5 Å². The lowest BCUT2D eigenvalue weighted by atomic mass is 10.3. The Morgan fingerprint density at radius 3 is 2.94 bits per heavy atom. The molecule has 0 saturated heterocycles. The van der Waals surface area contributed by atoms with Gasteiger partial charge >= 0.3 is 0 Å². The number of aryl methyl sites for hydroxylation is 1. The van der Waals surface area contributed by atoms with Crippen molar-refractivity contribution in [3.8, 4) is 17.3 Å². The molecular formula is C9H10N4O3. The topological polar surface area (TPSA) is 93.9 Å². The summed E-state index contributed by atoms with van der Waals surface area (Å²) >= 11 is 0. The zero-order chi connectivity index (χ0) is 11.5. The van der Waals surface area contributed by atoms with Crippen molar-refractivity contribution in [1.29, 1.82) is 0 Å². The van der Waals surface area contributed by atoms with E-state index in [4.69, 9.17) is 9.15 Å². The summed E-state index contributed by atoms with van der Waals surface area (Å²) in [5, 5.41) is 7.59. The molecule has 0 atom stereocenters. The molecule has 0 saturated carbocycles. The Morgan fingerprint density at radius 2 is 2.31 bits per heavy atom. The summed E-state index contributed by atoms with van der Waals surface area (Å²) < 4.78 is 10.2. The van der Waals surface area contributed by atoms with Crippen LogP contribution in [0.25, 0.3) is 11.6 Å². The van der Waals surface area contributed by atoms with Gasteiger partial charge in [-0.25, -0.2) is 4.98 Å². The van der Waals surface area contributed by atoms with Gasteiger partial charge in [0.15, 0.2) is 5.69 Å². The van der Waals surface area contributed by atoms with Crippen molar-refractivity contribution in [2.45, 2.75) is 13.3 Å². The number of H-pyrrole nitrogens is 1. The quantitative estimate of drug-likeness (QED) is 0.807. The van der Waals surface area contributed by atoms with Gasteiger partial charge in [0, 0.05) is 6.42 Å². The zero-order valence-corrected chi connectivity index (χ0v) is 8.85. The van der Waals surface area contributed by atoms with Crippen molar-refractivity contribution in [1.82, 2.24) is 20.2 Å². The number of rotatable bonds is 3. The second-order valence-corrected chi connectivity index (χ2v) is 2.97. The van der Waals surface area contributed by atoms with Gasteiger partial charge in [0.1, 0.15) is 0 Å². The second-order valence-electron chi connectivity index (χ2n) is 2.97. The molecule has 0 spiro atoms. The Morgan fingerprint density at radius 1 is 1.50 bits per heavy atom. The fourth-order valence-corrected chi connectivity index (χ4v) is 1.22. The van der Waals surface area contributed by atoms with E-state index in [0.29, 0.717) is 12.3 Å². The van der Waals surface area contributed by atoms with E-state index in [1.54, 1.807) is 0 Å². The van der Waals surface area contributed by atoms with E-state index in [1.807, 2.05) is 6.92 Å². The normalized spacial score (nSPS) is 10.4. The predicted molar refractivity (Wildman–Crippen MR) is 54.1 cm³/mol. The molecule has 0 unspecified atom stereocenters. The average molecular weight is 222 g/mol. The minimum Gasteiger partial charge on any atom is -0.489 e. The van der Waals surface area contributed by atoms with E-state index in [1.165, 1.54) is 13.4 Å². The highest BCUT2D eigenvalue weighted by molar-refractivity contribution is 5.55. The van der Waals surface area contributed by atoms with Gasteiger partial charge < -0.3 is 14.1 Å². The fraction of sp³-hybridized carbons (Fsp3) is 0.333. The van der Waals surface area contributed by atoms with E-state index < -0.39 is 0 Å². The standard InChI is InChI=1S/C9H10N4O3/c1-3-5-12-13-9(16-5)6-7(15-2)8(14)11-4-10-6/h4H,3H2,1-2H3,(H,10,11,14). The molecule has 2 aromatic rings. The molecule has 0 aromatic carbocycles. The predicted octanol–water partition coefficient (Wildman–Crippen LogP) is 0.391. The first-order valence-corrected chi connectivity index (χ1v) is 4.70. The third kappa shape index (κ3) is 1.67. The van der Waals surface area contributed by atoms with Gasteiger partial charge in [-0.3, -0.25) is 4.79 Å². The Hall–Kier alpha value is -2.18. The van der Waals surface area contributed by atoms with Crippen molar-refractivity contribution in [3.63, 3.8) is 0 Å². The molecule has 7 nitrogen and oxygen atoms in total. The molecule has 0 aliphatic heterocycles. The smallest absolute Gasteiger partial charge is 0.293 e. The fourth-order valence-electron chi connectivity index (χ4n) is 1.22. The van der Waals surface area contributed by atoms with Crippen molar-refractivity contribution in [3.05, 3.63) is 22.6 Å². The highest BCUT2D eigenvalue weighted by Crippen LogP contribution is 2.22. The van der Waals surface area contributed by atoms with Gasteiger partial charge in [0.2, 0.25) is 11.6 Å². The van der Waals surface area contributed by atoms with E-state index >= 15 is 0 Å². The maximum atomic E-state index is 11.4. The summed E-state index contributed by atoms with van der Waals surface area (Å²) in [5.41, 5.74) is -0.137. The lowest BCUT2D eigenvalue weighted by Gasteiger charge is -2.00. The summed E-state index contributed by atoms with van der Waals surface area (Å²) in [5.74, 6) is 0.729. The average Bonchev–Trinajstić information content (AvgIpc) is 2.77. The van der Waals surface area contributed by atoms with Crippen molar-refractivity contribution in [2.75, 3.05) is 7.11 Å². The van der Waals surface area contributed by atoms with Gasteiger partial charge in [-0.15, -0.1) is 10.2 Å². The van der Waals surface area contributed by atoms with E-state index in [-0.39, 0.29) is 22.9 Å². The molecule has 0 radical (unpaired) electrons. The number of aromatic amines is 1. The van der Waals surface area contributed by atoms with Crippen molar-refractivity contribution >= 4 is 0 Å². The van der Waals surface area contributed by atoms with E-state index in [9.17, 15) is 4.79 Å². The molecular weight excluding hydrogens is 212 g/mol. The van der Waals surface area contributed by atoms with Crippen LogP contribution in [0.3, 0.4) is 0 Å². The number of nitrogens with one attached hydrogen (secondary N) is 1. The molecule has 2 aromatic heterocycles. The molecule has 0 fully saturated rings. The maximum Gasteiger partial charge on any atom is 0.293 e. The minimum atomic E-state index is -0.385. The molecule has 0 aliphatic carbocycles. The van der Waals surface area contributed by atoms with Crippen LogP contribution in [0.1, 0.15) is 12.8 Å². The lowest BCUT2D eigenvalue weighted by molar-refractivity contribution is 0.404. The number of methoxy groups -OCH3 is 1. The number of hydrogen-bond acceptors (Lipinski definition) is 6. The third-order valence-corrected chi connectivity index (χ3v) is 1.99. The van der Waals surface area contributed by atoms with Crippen molar-refractivity contribution in [2.24, 2.45) is 0 Å². The van der Waals surface area contributed by atoms with Gasteiger partial charge in [0.05, 0.1) is 13.4 Å². The second kappa shape index (κ2) is 4.13. The van der Waals surface area contributed by atoms with Gasteiger partial charge in [-0.2, -0.15) is 0 Å². The highest BCUT2D eigenvalue weighted by atomic mass is 16.5. The largest absolute Gasteiger partial charge is 0.489 e. The van der Waals surface area contributed by atoms with E-state index in [0.717, 1.165) is 0 Å². The summed E-state index contributed by atoms with van der Waals surface area (Å²) in [7, 11) is 1.38. The molecule has 1 N–H and O–H groups in total. The Kier molecular flexibility index (Phi) is 2.67. The number of ether oxygens (including phenoxy) is 1. The van der Waals surface area contributed by atoms with Crippen molar-refractivity contribution < 1.29 is 9.15 Å². The van der Waals surface area contributed by atoms with Crippen LogP contribution in [0.15, 0.2) is 15.5 Å². The molecule has 0 aliphatic rings.